The van der Waals surface area contributed by atoms with Crippen LogP contribution in [-0.4, -0.2) is 20.3 Å². The Balaban J connectivity index is 2.65. The van der Waals surface area contributed by atoms with Crippen molar-refractivity contribution in [2.24, 2.45) is 11.7 Å². The molecule has 2 unspecified atom stereocenters. The molecule has 3 nitrogen and oxygen atoms in total. The zero-order valence-corrected chi connectivity index (χ0v) is 11.7. The minimum atomic E-state index is -0.0829. The van der Waals surface area contributed by atoms with Crippen LogP contribution in [0.3, 0.4) is 0 Å². The van der Waals surface area contributed by atoms with Gasteiger partial charge in [0.25, 0.3) is 0 Å². The number of para-hydroxylation sites is 1. The van der Waals surface area contributed by atoms with Crippen molar-refractivity contribution in [2.45, 2.75) is 32.8 Å². The van der Waals surface area contributed by atoms with Gasteiger partial charge in [-0.2, -0.15) is 0 Å². The smallest absolute Gasteiger partial charge is 0.124 e. The second-order valence-corrected chi connectivity index (χ2v) is 4.69. The molecule has 1 aromatic carbocycles. The average Bonchev–Trinajstić information content (AvgIpc) is 2.40. The molecular formula is C15H25NO2. The van der Waals surface area contributed by atoms with E-state index in [0.29, 0.717) is 12.5 Å². The second kappa shape index (κ2) is 8.11. The van der Waals surface area contributed by atoms with Crippen molar-refractivity contribution in [1.29, 1.82) is 0 Å². The normalized spacial score (nSPS) is 14.2. The maximum atomic E-state index is 5.93. The molecule has 102 valence electrons. The first-order valence-electron chi connectivity index (χ1n) is 6.67. The Hall–Kier alpha value is -1.06. The molecule has 0 amide bonds. The zero-order valence-electron chi connectivity index (χ0n) is 11.7. The van der Waals surface area contributed by atoms with Gasteiger partial charge in [-0.1, -0.05) is 38.5 Å². The largest absolute Gasteiger partial charge is 0.496 e. The van der Waals surface area contributed by atoms with Crippen LogP contribution in [0.2, 0.25) is 0 Å². The highest BCUT2D eigenvalue weighted by molar-refractivity contribution is 5.35. The van der Waals surface area contributed by atoms with Gasteiger partial charge in [-0.3, -0.25) is 0 Å². The zero-order chi connectivity index (χ0) is 13.4. The van der Waals surface area contributed by atoms with Crippen molar-refractivity contribution in [3.63, 3.8) is 0 Å². The van der Waals surface area contributed by atoms with Gasteiger partial charge in [0.05, 0.1) is 19.8 Å². The molecular weight excluding hydrogens is 226 g/mol. The van der Waals surface area contributed by atoms with Gasteiger partial charge in [0.2, 0.25) is 0 Å². The first-order chi connectivity index (χ1) is 8.72. The predicted octanol–water partition coefficient (Wildman–Crippen LogP) is 3.15. The molecule has 3 heteroatoms. The van der Waals surface area contributed by atoms with Crippen LogP contribution in [0.5, 0.6) is 5.75 Å². The molecule has 2 atom stereocenters. The molecule has 0 bridgehead atoms. The summed E-state index contributed by atoms with van der Waals surface area (Å²) < 4.78 is 11.3. The Kier molecular flexibility index (Phi) is 6.76. The summed E-state index contributed by atoms with van der Waals surface area (Å²) in [6.07, 6.45) is 2.29. The highest BCUT2D eigenvalue weighted by atomic mass is 16.5. The third-order valence-corrected chi connectivity index (χ3v) is 3.06. The van der Waals surface area contributed by atoms with Gasteiger partial charge < -0.3 is 15.2 Å². The summed E-state index contributed by atoms with van der Waals surface area (Å²) in [7, 11) is 1.67. The Morgan fingerprint density at radius 2 is 2.00 bits per heavy atom. The number of benzene rings is 1. The Labute approximate surface area is 110 Å². The minimum Gasteiger partial charge on any atom is -0.496 e. The lowest BCUT2D eigenvalue weighted by Gasteiger charge is -2.21. The number of ether oxygens (including phenoxy) is 2. The molecule has 0 aliphatic heterocycles. The van der Waals surface area contributed by atoms with E-state index in [2.05, 4.69) is 13.8 Å². The van der Waals surface area contributed by atoms with E-state index in [1.165, 1.54) is 12.8 Å². The summed E-state index contributed by atoms with van der Waals surface area (Å²) in [5, 5.41) is 0. The summed E-state index contributed by atoms with van der Waals surface area (Å²) in [4.78, 5) is 0. The minimum absolute atomic E-state index is 0.0829. The molecule has 0 aromatic heterocycles. The van der Waals surface area contributed by atoms with Gasteiger partial charge in [-0.25, -0.2) is 0 Å². The molecule has 0 aliphatic carbocycles. The average molecular weight is 251 g/mol. The molecule has 0 saturated carbocycles. The molecule has 18 heavy (non-hydrogen) atoms. The number of hydrogen-bond donors (Lipinski definition) is 1. The summed E-state index contributed by atoms with van der Waals surface area (Å²) in [6, 6.07) is 7.90. The van der Waals surface area contributed by atoms with E-state index in [9.17, 15) is 0 Å². The van der Waals surface area contributed by atoms with Crippen LogP contribution < -0.4 is 10.5 Å². The third-order valence-electron chi connectivity index (χ3n) is 3.06. The molecule has 0 aliphatic rings. The molecule has 2 N–H and O–H groups in total. The number of rotatable bonds is 8. The molecule has 0 fully saturated rings. The van der Waals surface area contributed by atoms with E-state index < -0.39 is 0 Å². The SMILES string of the molecule is CCCC(C)COC(CN)c1ccccc1OC. The first-order valence-corrected chi connectivity index (χ1v) is 6.67. The van der Waals surface area contributed by atoms with Crippen molar-refractivity contribution >= 4 is 0 Å². The summed E-state index contributed by atoms with van der Waals surface area (Å²) in [5.41, 5.74) is 6.84. The maximum absolute atomic E-state index is 5.93. The van der Waals surface area contributed by atoms with Gasteiger partial charge in [-0.05, 0) is 18.4 Å². The number of methoxy groups -OCH3 is 1. The van der Waals surface area contributed by atoms with Crippen molar-refractivity contribution in [2.75, 3.05) is 20.3 Å². The molecule has 1 aromatic rings. The Morgan fingerprint density at radius 1 is 1.28 bits per heavy atom. The fraction of sp³-hybridized carbons (Fsp3) is 0.600. The quantitative estimate of drug-likeness (QED) is 0.772. The lowest BCUT2D eigenvalue weighted by atomic mass is 10.1. The van der Waals surface area contributed by atoms with Gasteiger partial charge in [0.1, 0.15) is 5.75 Å². The van der Waals surface area contributed by atoms with Crippen molar-refractivity contribution in [1.82, 2.24) is 0 Å². The van der Waals surface area contributed by atoms with Crippen LogP contribution in [0.25, 0.3) is 0 Å². The van der Waals surface area contributed by atoms with E-state index in [-0.39, 0.29) is 6.10 Å². The van der Waals surface area contributed by atoms with Gasteiger partial charge in [0.15, 0.2) is 0 Å². The summed E-state index contributed by atoms with van der Waals surface area (Å²) in [6.45, 7) is 5.61. The van der Waals surface area contributed by atoms with E-state index >= 15 is 0 Å². The summed E-state index contributed by atoms with van der Waals surface area (Å²) in [5.74, 6) is 1.41. The van der Waals surface area contributed by atoms with Crippen LogP contribution in [-0.2, 0) is 4.74 Å². The summed E-state index contributed by atoms with van der Waals surface area (Å²) >= 11 is 0. The van der Waals surface area contributed by atoms with Gasteiger partial charge in [-0.15, -0.1) is 0 Å². The van der Waals surface area contributed by atoms with Gasteiger partial charge in [0, 0.05) is 12.1 Å². The first kappa shape index (κ1) is 15.0. The highest BCUT2D eigenvalue weighted by Gasteiger charge is 2.15. The standard InChI is InChI=1S/C15H25NO2/c1-4-7-12(2)11-18-15(10-16)13-8-5-6-9-14(13)17-3/h5-6,8-9,12,15H,4,7,10-11,16H2,1-3H3. The third kappa shape index (κ3) is 4.31. The van der Waals surface area contributed by atoms with Crippen LogP contribution in [0.1, 0.15) is 38.4 Å². The maximum Gasteiger partial charge on any atom is 0.124 e. The van der Waals surface area contributed by atoms with E-state index in [1.54, 1.807) is 7.11 Å². The molecule has 0 radical (unpaired) electrons. The number of nitrogens with two attached hydrogens (primary N) is 1. The lowest BCUT2D eigenvalue weighted by molar-refractivity contribution is 0.0337. The molecule has 0 spiro atoms. The van der Waals surface area contributed by atoms with Gasteiger partial charge >= 0.3 is 0 Å². The Morgan fingerprint density at radius 3 is 2.61 bits per heavy atom. The second-order valence-electron chi connectivity index (χ2n) is 4.69. The van der Waals surface area contributed by atoms with E-state index in [1.807, 2.05) is 24.3 Å². The van der Waals surface area contributed by atoms with Crippen LogP contribution in [0, 0.1) is 5.92 Å². The van der Waals surface area contributed by atoms with E-state index in [0.717, 1.165) is 17.9 Å². The molecule has 1 rings (SSSR count). The molecule has 0 heterocycles. The highest BCUT2D eigenvalue weighted by Crippen LogP contribution is 2.27. The monoisotopic (exact) mass is 251 g/mol. The van der Waals surface area contributed by atoms with Crippen LogP contribution >= 0.6 is 0 Å². The Bertz CT molecular complexity index is 341. The van der Waals surface area contributed by atoms with E-state index in [4.69, 9.17) is 15.2 Å². The topological polar surface area (TPSA) is 44.5 Å². The van der Waals surface area contributed by atoms with Crippen molar-refractivity contribution in [3.8, 4) is 5.75 Å². The molecule has 0 saturated heterocycles. The van der Waals surface area contributed by atoms with Crippen LogP contribution in [0.4, 0.5) is 0 Å². The lowest BCUT2D eigenvalue weighted by Crippen LogP contribution is -2.19. The fourth-order valence-electron chi connectivity index (χ4n) is 2.07. The van der Waals surface area contributed by atoms with Crippen LogP contribution in [0.15, 0.2) is 24.3 Å². The number of hydrogen-bond acceptors (Lipinski definition) is 3. The van der Waals surface area contributed by atoms with Crippen molar-refractivity contribution in [3.05, 3.63) is 29.8 Å². The predicted molar refractivity (Wildman–Crippen MR) is 74.8 cm³/mol. The van der Waals surface area contributed by atoms with Crippen molar-refractivity contribution < 1.29 is 9.47 Å². The fourth-order valence-corrected chi connectivity index (χ4v) is 2.07.